The molecule has 0 aliphatic carbocycles. The Balaban J connectivity index is 1.80. The lowest BCUT2D eigenvalue weighted by atomic mass is 10.00. The summed E-state index contributed by atoms with van der Waals surface area (Å²) in [5, 5.41) is 10.2. The Morgan fingerprint density at radius 2 is 2.09 bits per heavy atom. The average Bonchev–Trinajstić information content (AvgIpc) is 2.49. The smallest absolute Gasteiger partial charge is 0.159 e. The molecule has 3 nitrogen and oxygen atoms in total. The second-order valence-electron chi connectivity index (χ2n) is 6.37. The number of benzene rings is 1. The highest BCUT2D eigenvalue weighted by Crippen LogP contribution is 2.20. The van der Waals surface area contributed by atoms with Gasteiger partial charge in [-0.25, -0.2) is 8.78 Å². The summed E-state index contributed by atoms with van der Waals surface area (Å²) in [4.78, 5) is 4.46. The second kappa shape index (κ2) is 7.99. The molecule has 5 heteroatoms. The summed E-state index contributed by atoms with van der Waals surface area (Å²) < 4.78 is 26.1. The Kier molecular flexibility index (Phi) is 6.29. The van der Waals surface area contributed by atoms with E-state index in [-0.39, 0.29) is 0 Å². The normalized spacial score (nSPS) is 21.3. The Morgan fingerprint density at radius 1 is 1.32 bits per heavy atom. The predicted molar refractivity (Wildman–Crippen MR) is 83.7 cm³/mol. The first-order chi connectivity index (χ1) is 10.5. The van der Waals surface area contributed by atoms with E-state index in [2.05, 4.69) is 11.9 Å². The number of hydrogen-bond acceptors (Lipinski definition) is 3. The molecule has 1 saturated heterocycles. The van der Waals surface area contributed by atoms with Gasteiger partial charge in [-0.15, -0.1) is 0 Å². The van der Waals surface area contributed by atoms with Crippen LogP contribution in [0.2, 0.25) is 0 Å². The van der Waals surface area contributed by atoms with Crippen molar-refractivity contribution in [3.05, 3.63) is 35.4 Å². The van der Waals surface area contributed by atoms with E-state index in [4.69, 9.17) is 0 Å². The van der Waals surface area contributed by atoms with Gasteiger partial charge in [-0.05, 0) is 64.1 Å². The molecule has 1 N–H and O–H groups in total. The number of piperidine rings is 1. The molecule has 22 heavy (non-hydrogen) atoms. The maximum atomic E-state index is 13.2. The Morgan fingerprint density at radius 3 is 2.77 bits per heavy atom. The minimum atomic E-state index is -0.914. The van der Waals surface area contributed by atoms with Crippen molar-refractivity contribution in [2.75, 3.05) is 33.7 Å². The van der Waals surface area contributed by atoms with E-state index in [0.29, 0.717) is 18.2 Å². The minimum Gasteiger partial charge on any atom is -0.387 e. The van der Waals surface area contributed by atoms with Crippen LogP contribution in [-0.4, -0.2) is 54.7 Å². The number of nitrogens with zero attached hydrogens (tertiary/aromatic N) is 2. The van der Waals surface area contributed by atoms with Gasteiger partial charge < -0.3 is 14.9 Å². The average molecular weight is 312 g/mol. The fourth-order valence-corrected chi connectivity index (χ4v) is 3.09. The zero-order chi connectivity index (χ0) is 16.1. The monoisotopic (exact) mass is 312 g/mol. The molecule has 0 aromatic heterocycles. The molecule has 1 heterocycles. The fraction of sp³-hybridized carbons (Fsp3) is 0.647. The molecule has 2 atom stereocenters. The van der Waals surface area contributed by atoms with Gasteiger partial charge >= 0.3 is 0 Å². The lowest BCUT2D eigenvalue weighted by Crippen LogP contribution is -2.39. The molecule has 1 aliphatic rings. The summed E-state index contributed by atoms with van der Waals surface area (Å²) in [5.74, 6) is -1.80. The van der Waals surface area contributed by atoms with Crippen molar-refractivity contribution < 1.29 is 13.9 Å². The highest BCUT2D eigenvalue weighted by atomic mass is 19.2. The van der Waals surface area contributed by atoms with Gasteiger partial charge in [-0.3, -0.25) is 0 Å². The van der Waals surface area contributed by atoms with Gasteiger partial charge in [-0.2, -0.15) is 0 Å². The molecule has 124 valence electrons. The lowest BCUT2D eigenvalue weighted by Gasteiger charge is -2.33. The molecule has 1 aliphatic heterocycles. The first-order valence-electron chi connectivity index (χ1n) is 7.99. The van der Waals surface area contributed by atoms with Crippen LogP contribution in [0.4, 0.5) is 8.78 Å². The summed E-state index contributed by atoms with van der Waals surface area (Å²) in [6.45, 7) is 2.46. The molecular weight excluding hydrogens is 286 g/mol. The van der Waals surface area contributed by atoms with Crippen molar-refractivity contribution in [3.63, 3.8) is 0 Å². The highest BCUT2D eigenvalue weighted by Gasteiger charge is 2.20. The number of likely N-dealkylation sites (tertiary alicyclic amines) is 1. The maximum Gasteiger partial charge on any atom is 0.159 e. The van der Waals surface area contributed by atoms with E-state index in [1.54, 1.807) is 0 Å². The molecule has 0 radical (unpaired) electrons. The summed E-state index contributed by atoms with van der Waals surface area (Å²) in [6, 6.07) is 4.18. The first kappa shape index (κ1) is 17.3. The van der Waals surface area contributed by atoms with Crippen molar-refractivity contribution in [3.8, 4) is 0 Å². The number of aliphatic hydroxyl groups excluding tert-OH is 1. The van der Waals surface area contributed by atoms with Gasteiger partial charge in [0, 0.05) is 12.6 Å². The van der Waals surface area contributed by atoms with Crippen LogP contribution < -0.4 is 0 Å². The van der Waals surface area contributed by atoms with E-state index < -0.39 is 17.7 Å². The second-order valence-corrected chi connectivity index (χ2v) is 6.37. The molecule has 0 saturated carbocycles. The molecule has 1 aromatic rings. The number of halogens is 2. The highest BCUT2D eigenvalue weighted by molar-refractivity contribution is 5.20. The molecular formula is C17H26F2N2O. The molecule has 0 bridgehead atoms. The van der Waals surface area contributed by atoms with Gasteiger partial charge in [-0.1, -0.05) is 12.5 Å². The van der Waals surface area contributed by atoms with Crippen LogP contribution in [0.5, 0.6) is 0 Å². The Hall–Kier alpha value is -1.04. The van der Waals surface area contributed by atoms with Crippen LogP contribution in [-0.2, 0) is 0 Å². The van der Waals surface area contributed by atoms with Crippen LogP contribution >= 0.6 is 0 Å². The lowest BCUT2D eigenvalue weighted by molar-refractivity contribution is 0.112. The minimum absolute atomic E-state index is 0.417. The standard InChI is InChI=1S/C17H26F2N2O/c1-20(10-8-14-5-3-4-9-21(14)2)12-17(22)13-6-7-15(18)16(19)11-13/h6-7,11,14,17,22H,3-5,8-10,12H2,1-2H3. The number of hydrogen-bond donors (Lipinski definition) is 1. The van der Waals surface area contributed by atoms with Gasteiger partial charge in [0.15, 0.2) is 11.6 Å². The number of likely N-dealkylation sites (N-methyl/N-ethyl adjacent to an activating group) is 1. The topological polar surface area (TPSA) is 26.7 Å². The van der Waals surface area contributed by atoms with Crippen molar-refractivity contribution in [2.24, 2.45) is 0 Å². The van der Waals surface area contributed by atoms with Crippen LogP contribution in [0.3, 0.4) is 0 Å². The largest absolute Gasteiger partial charge is 0.387 e. The maximum absolute atomic E-state index is 13.2. The van der Waals surface area contributed by atoms with Crippen molar-refractivity contribution >= 4 is 0 Å². The van der Waals surface area contributed by atoms with Crippen LogP contribution in [0.15, 0.2) is 18.2 Å². The van der Waals surface area contributed by atoms with Crippen LogP contribution in [0.25, 0.3) is 0 Å². The molecule has 2 unspecified atom stereocenters. The Labute approximate surface area is 131 Å². The van der Waals surface area contributed by atoms with E-state index in [1.807, 2.05) is 11.9 Å². The van der Waals surface area contributed by atoms with Gasteiger partial charge in [0.25, 0.3) is 0 Å². The third kappa shape index (κ3) is 4.73. The van der Waals surface area contributed by atoms with E-state index in [1.165, 1.54) is 25.3 Å². The fourth-order valence-electron chi connectivity index (χ4n) is 3.09. The summed E-state index contributed by atoms with van der Waals surface area (Å²) in [6.07, 6.45) is 4.06. The van der Waals surface area contributed by atoms with Crippen molar-refractivity contribution in [1.29, 1.82) is 0 Å². The van der Waals surface area contributed by atoms with Crippen molar-refractivity contribution in [2.45, 2.75) is 37.8 Å². The van der Waals surface area contributed by atoms with Crippen LogP contribution in [0.1, 0.15) is 37.4 Å². The van der Waals surface area contributed by atoms with Crippen molar-refractivity contribution in [1.82, 2.24) is 9.80 Å². The van der Waals surface area contributed by atoms with E-state index >= 15 is 0 Å². The number of aliphatic hydroxyl groups is 1. The van der Waals surface area contributed by atoms with Gasteiger partial charge in [0.05, 0.1) is 6.10 Å². The quantitative estimate of drug-likeness (QED) is 0.875. The van der Waals surface area contributed by atoms with E-state index in [0.717, 1.165) is 31.6 Å². The SMILES string of the molecule is CN(CCC1CCCCN1C)CC(O)c1ccc(F)c(F)c1. The summed E-state index contributed by atoms with van der Waals surface area (Å²) >= 11 is 0. The molecule has 0 spiro atoms. The zero-order valence-electron chi connectivity index (χ0n) is 13.4. The summed E-state index contributed by atoms with van der Waals surface area (Å²) in [5.41, 5.74) is 0.417. The Bertz CT molecular complexity index is 484. The summed E-state index contributed by atoms with van der Waals surface area (Å²) in [7, 11) is 4.12. The molecule has 2 rings (SSSR count). The van der Waals surface area contributed by atoms with E-state index in [9.17, 15) is 13.9 Å². The van der Waals surface area contributed by atoms with Gasteiger partial charge in [0.1, 0.15) is 0 Å². The first-order valence-corrected chi connectivity index (χ1v) is 7.99. The molecule has 1 fully saturated rings. The molecule has 0 amide bonds. The molecule has 1 aromatic carbocycles. The third-order valence-corrected chi connectivity index (χ3v) is 4.58. The third-order valence-electron chi connectivity index (χ3n) is 4.58. The van der Waals surface area contributed by atoms with Gasteiger partial charge in [0.2, 0.25) is 0 Å². The number of rotatable bonds is 6. The van der Waals surface area contributed by atoms with Crippen LogP contribution in [0, 0.1) is 11.6 Å². The predicted octanol–water partition coefficient (Wildman–Crippen LogP) is 2.80. The zero-order valence-corrected chi connectivity index (χ0v) is 13.4.